The van der Waals surface area contributed by atoms with Crippen molar-refractivity contribution in [2.24, 2.45) is 12.9 Å². The maximum atomic E-state index is 5.79. The van der Waals surface area contributed by atoms with Gasteiger partial charge in [-0.1, -0.05) is 12.1 Å². The molecule has 1 aromatic heterocycles. The first-order chi connectivity index (χ1) is 9.49. The van der Waals surface area contributed by atoms with E-state index in [1.165, 1.54) is 0 Å². The van der Waals surface area contributed by atoms with Gasteiger partial charge in [-0.3, -0.25) is 11.3 Å². The molecule has 0 radical (unpaired) electrons. The maximum Gasteiger partial charge on any atom is 0.111 e. The molecular formula is C15H24N4O. The molecule has 0 fully saturated rings. The summed E-state index contributed by atoms with van der Waals surface area (Å²) in [6.07, 6.45) is 0.717. The van der Waals surface area contributed by atoms with Gasteiger partial charge in [0.15, 0.2) is 0 Å². The maximum absolute atomic E-state index is 5.79. The number of imidazole rings is 1. The second-order valence-electron chi connectivity index (χ2n) is 5.54. The summed E-state index contributed by atoms with van der Waals surface area (Å²) in [7, 11) is 2.03. The number of rotatable bonds is 6. The van der Waals surface area contributed by atoms with Gasteiger partial charge in [0.2, 0.25) is 0 Å². The largest absolute Gasteiger partial charge is 0.374 e. The molecule has 2 aromatic rings. The van der Waals surface area contributed by atoms with E-state index in [-0.39, 0.29) is 11.6 Å². The van der Waals surface area contributed by atoms with Gasteiger partial charge in [0, 0.05) is 20.1 Å². The molecule has 1 heterocycles. The molecule has 0 bridgehead atoms. The molecular weight excluding hydrogens is 252 g/mol. The van der Waals surface area contributed by atoms with Crippen molar-refractivity contribution in [1.29, 1.82) is 0 Å². The van der Waals surface area contributed by atoms with Gasteiger partial charge in [0.1, 0.15) is 5.82 Å². The van der Waals surface area contributed by atoms with Crippen molar-refractivity contribution in [3.63, 3.8) is 0 Å². The van der Waals surface area contributed by atoms with Crippen molar-refractivity contribution in [3.05, 3.63) is 30.1 Å². The quantitative estimate of drug-likeness (QED) is 0.623. The average molecular weight is 276 g/mol. The topological polar surface area (TPSA) is 65.1 Å². The normalized spacial score (nSPS) is 13.8. The van der Waals surface area contributed by atoms with Gasteiger partial charge in [-0.05, 0) is 32.9 Å². The van der Waals surface area contributed by atoms with Gasteiger partial charge in [-0.25, -0.2) is 4.98 Å². The summed E-state index contributed by atoms with van der Waals surface area (Å²) >= 11 is 0. The van der Waals surface area contributed by atoms with Gasteiger partial charge < -0.3 is 9.30 Å². The molecule has 3 N–H and O–H groups in total. The lowest BCUT2D eigenvalue weighted by atomic mass is 9.95. The minimum Gasteiger partial charge on any atom is -0.374 e. The Morgan fingerprint density at radius 2 is 2.10 bits per heavy atom. The summed E-state index contributed by atoms with van der Waals surface area (Å²) < 4.78 is 7.90. The fourth-order valence-electron chi connectivity index (χ4n) is 2.54. The Morgan fingerprint density at radius 3 is 2.70 bits per heavy atom. The Morgan fingerprint density at radius 1 is 1.40 bits per heavy atom. The number of hydrogen-bond acceptors (Lipinski definition) is 4. The van der Waals surface area contributed by atoms with E-state index in [9.17, 15) is 0 Å². The zero-order valence-corrected chi connectivity index (χ0v) is 12.7. The number of fused-ring (bicyclic) bond motifs is 1. The monoisotopic (exact) mass is 276 g/mol. The molecule has 5 nitrogen and oxygen atoms in total. The molecule has 1 aromatic carbocycles. The van der Waals surface area contributed by atoms with Gasteiger partial charge in [-0.2, -0.15) is 0 Å². The Bertz CT molecular complexity index is 576. The number of aryl methyl sites for hydroxylation is 1. The van der Waals surface area contributed by atoms with Crippen LogP contribution in [0.15, 0.2) is 24.3 Å². The molecule has 0 saturated carbocycles. The smallest absolute Gasteiger partial charge is 0.111 e. The van der Waals surface area contributed by atoms with Crippen LogP contribution in [0.5, 0.6) is 0 Å². The summed E-state index contributed by atoms with van der Waals surface area (Å²) in [6.45, 7) is 6.74. The third-order valence-corrected chi connectivity index (χ3v) is 3.82. The summed E-state index contributed by atoms with van der Waals surface area (Å²) in [5.41, 5.74) is 4.66. The number of nitrogens with one attached hydrogen (secondary N) is 1. The zero-order valence-electron chi connectivity index (χ0n) is 12.7. The Hall–Kier alpha value is -1.43. The predicted octanol–water partition coefficient (Wildman–Crippen LogP) is 1.76. The fraction of sp³-hybridized carbons (Fsp3) is 0.533. The van der Waals surface area contributed by atoms with E-state index >= 15 is 0 Å². The minimum absolute atomic E-state index is 0.00189. The highest BCUT2D eigenvalue weighted by atomic mass is 16.5. The molecule has 20 heavy (non-hydrogen) atoms. The summed E-state index contributed by atoms with van der Waals surface area (Å²) in [5, 5.41) is 0. The third-order valence-electron chi connectivity index (χ3n) is 3.82. The van der Waals surface area contributed by atoms with Crippen LogP contribution in [0.1, 0.15) is 26.6 Å². The number of nitrogens with two attached hydrogens (primary N) is 1. The van der Waals surface area contributed by atoms with E-state index in [0.29, 0.717) is 13.0 Å². The Kier molecular flexibility index (Phi) is 4.42. The van der Waals surface area contributed by atoms with E-state index in [1.54, 1.807) is 0 Å². The van der Waals surface area contributed by atoms with Crippen molar-refractivity contribution >= 4 is 11.0 Å². The molecule has 1 atom stereocenters. The molecule has 0 aliphatic rings. The van der Waals surface area contributed by atoms with Crippen molar-refractivity contribution in [2.45, 2.75) is 38.8 Å². The standard InChI is InChI=1S/C15H24N4O/c1-5-20-15(2,3)13(18-16)10-14-17-11-8-6-7-9-12(11)19(14)4/h6-9,13,18H,5,10,16H2,1-4H3. The number of hydrazine groups is 1. The lowest BCUT2D eigenvalue weighted by Crippen LogP contribution is -2.53. The van der Waals surface area contributed by atoms with Crippen LogP contribution in [-0.4, -0.2) is 27.8 Å². The number of para-hydroxylation sites is 2. The minimum atomic E-state index is -0.346. The van der Waals surface area contributed by atoms with E-state index < -0.39 is 0 Å². The van der Waals surface area contributed by atoms with Crippen LogP contribution in [-0.2, 0) is 18.2 Å². The first-order valence-electron chi connectivity index (χ1n) is 7.00. The molecule has 0 spiro atoms. The molecule has 0 amide bonds. The fourth-order valence-corrected chi connectivity index (χ4v) is 2.54. The molecule has 0 saturated heterocycles. The van der Waals surface area contributed by atoms with Crippen LogP contribution in [0.4, 0.5) is 0 Å². The lowest BCUT2D eigenvalue weighted by Gasteiger charge is -2.33. The number of benzene rings is 1. The summed E-state index contributed by atoms with van der Waals surface area (Å²) in [6, 6.07) is 8.12. The predicted molar refractivity (Wildman–Crippen MR) is 81.2 cm³/mol. The number of ether oxygens (including phenoxy) is 1. The highest BCUT2D eigenvalue weighted by Gasteiger charge is 2.30. The van der Waals surface area contributed by atoms with E-state index in [1.807, 2.05) is 46.0 Å². The van der Waals surface area contributed by atoms with Crippen molar-refractivity contribution < 1.29 is 4.74 Å². The Balaban J connectivity index is 2.28. The van der Waals surface area contributed by atoms with E-state index in [4.69, 9.17) is 10.6 Å². The summed E-state index contributed by atoms with van der Waals surface area (Å²) in [4.78, 5) is 4.69. The number of aromatic nitrogens is 2. The van der Waals surface area contributed by atoms with Crippen LogP contribution < -0.4 is 11.3 Å². The lowest BCUT2D eigenvalue weighted by molar-refractivity contribution is -0.0386. The molecule has 110 valence electrons. The van der Waals surface area contributed by atoms with Gasteiger partial charge in [0.05, 0.1) is 22.7 Å². The van der Waals surface area contributed by atoms with Crippen LogP contribution in [0.2, 0.25) is 0 Å². The molecule has 1 unspecified atom stereocenters. The highest BCUT2D eigenvalue weighted by molar-refractivity contribution is 5.75. The molecule has 0 aliphatic heterocycles. The van der Waals surface area contributed by atoms with Crippen LogP contribution >= 0.6 is 0 Å². The van der Waals surface area contributed by atoms with Gasteiger partial charge in [0.25, 0.3) is 0 Å². The van der Waals surface area contributed by atoms with Crippen molar-refractivity contribution in [2.75, 3.05) is 6.61 Å². The third kappa shape index (κ3) is 2.85. The molecule has 0 aliphatic carbocycles. The van der Waals surface area contributed by atoms with Crippen LogP contribution in [0, 0.1) is 0 Å². The SMILES string of the molecule is CCOC(C)(C)C(Cc1nc2ccccc2n1C)NN. The van der Waals surface area contributed by atoms with Gasteiger partial charge in [-0.15, -0.1) is 0 Å². The first kappa shape index (κ1) is 15.0. The molecule has 2 rings (SSSR count). The number of nitrogens with zero attached hydrogens (tertiary/aromatic N) is 2. The van der Waals surface area contributed by atoms with Crippen LogP contribution in [0.3, 0.4) is 0 Å². The number of hydrogen-bond donors (Lipinski definition) is 2. The van der Waals surface area contributed by atoms with Crippen molar-refractivity contribution in [3.8, 4) is 0 Å². The van der Waals surface area contributed by atoms with Gasteiger partial charge >= 0.3 is 0 Å². The summed E-state index contributed by atoms with van der Waals surface area (Å²) in [5.74, 6) is 6.72. The van der Waals surface area contributed by atoms with Crippen molar-refractivity contribution in [1.82, 2.24) is 15.0 Å². The second-order valence-corrected chi connectivity index (χ2v) is 5.54. The highest BCUT2D eigenvalue weighted by Crippen LogP contribution is 2.20. The van der Waals surface area contributed by atoms with Crippen LogP contribution in [0.25, 0.3) is 11.0 Å². The second kappa shape index (κ2) is 5.91. The molecule has 5 heteroatoms. The first-order valence-corrected chi connectivity index (χ1v) is 7.00. The Labute approximate surface area is 120 Å². The zero-order chi connectivity index (χ0) is 14.8. The van der Waals surface area contributed by atoms with E-state index in [2.05, 4.69) is 21.0 Å². The van der Waals surface area contributed by atoms with E-state index in [0.717, 1.165) is 16.9 Å². The average Bonchev–Trinajstić information content (AvgIpc) is 2.73.